The van der Waals surface area contributed by atoms with Crippen LogP contribution in [0.25, 0.3) is 10.9 Å². The fraction of sp³-hybridized carbons (Fsp3) is 0. The molecule has 0 amide bonds. The van der Waals surface area contributed by atoms with Crippen molar-refractivity contribution in [2.75, 3.05) is 0 Å². The highest BCUT2D eigenvalue weighted by Crippen LogP contribution is 2.31. The van der Waals surface area contributed by atoms with E-state index in [2.05, 4.69) is 4.98 Å². The third-order valence-corrected chi connectivity index (χ3v) is 4.10. The number of hydrogen-bond donors (Lipinski definition) is 2. The van der Waals surface area contributed by atoms with Crippen molar-refractivity contribution in [3.05, 3.63) is 70.5 Å². The molecule has 4 nitrogen and oxygen atoms in total. The van der Waals surface area contributed by atoms with Crippen molar-refractivity contribution in [2.24, 2.45) is 0 Å². The molecule has 3 rings (SSSR count). The number of pyridine rings is 1. The number of para-hydroxylation sites is 1. The van der Waals surface area contributed by atoms with Gasteiger partial charge in [-0.3, -0.25) is 4.79 Å². The van der Waals surface area contributed by atoms with Crippen LogP contribution >= 0.6 is 11.8 Å². The van der Waals surface area contributed by atoms with Crippen molar-refractivity contribution in [2.45, 2.75) is 9.79 Å². The van der Waals surface area contributed by atoms with Gasteiger partial charge in [0.15, 0.2) is 5.43 Å². The molecule has 0 unspecified atom stereocenters. The summed E-state index contributed by atoms with van der Waals surface area (Å²) in [4.78, 5) is 27.8. The largest absolute Gasteiger partial charge is 0.477 e. The fourth-order valence-electron chi connectivity index (χ4n) is 2.06. The van der Waals surface area contributed by atoms with Gasteiger partial charge in [0.25, 0.3) is 0 Å². The highest BCUT2D eigenvalue weighted by Gasteiger charge is 2.11. The van der Waals surface area contributed by atoms with Gasteiger partial charge in [0.2, 0.25) is 0 Å². The number of nitrogens with one attached hydrogen (secondary N) is 1. The van der Waals surface area contributed by atoms with Crippen LogP contribution in [0.15, 0.2) is 69.2 Å². The molecule has 0 saturated heterocycles. The van der Waals surface area contributed by atoms with Crippen molar-refractivity contribution in [1.82, 2.24) is 4.98 Å². The lowest BCUT2D eigenvalue weighted by Gasteiger charge is -2.07. The van der Waals surface area contributed by atoms with Crippen LogP contribution < -0.4 is 5.43 Å². The number of aromatic nitrogens is 1. The van der Waals surface area contributed by atoms with E-state index in [1.165, 1.54) is 11.8 Å². The van der Waals surface area contributed by atoms with Gasteiger partial charge in [-0.25, -0.2) is 4.79 Å². The number of carbonyl (C=O) groups is 1. The molecule has 21 heavy (non-hydrogen) atoms. The predicted molar refractivity (Wildman–Crippen MR) is 82.1 cm³/mol. The van der Waals surface area contributed by atoms with E-state index in [0.29, 0.717) is 10.9 Å². The van der Waals surface area contributed by atoms with Crippen LogP contribution in [0.1, 0.15) is 10.5 Å². The molecule has 0 aliphatic heterocycles. The smallest absolute Gasteiger partial charge is 0.352 e. The van der Waals surface area contributed by atoms with Crippen molar-refractivity contribution >= 4 is 28.6 Å². The number of H-pyrrole nitrogens is 1. The number of carboxylic acids is 1. The summed E-state index contributed by atoms with van der Waals surface area (Å²) in [6.07, 6.45) is 0. The van der Waals surface area contributed by atoms with E-state index in [4.69, 9.17) is 5.11 Å². The number of carboxylic acid groups (broad SMARTS) is 1. The molecule has 2 N–H and O–H groups in total. The summed E-state index contributed by atoms with van der Waals surface area (Å²) >= 11 is 1.48. The average Bonchev–Trinajstić information content (AvgIpc) is 2.49. The van der Waals surface area contributed by atoms with E-state index in [1.54, 1.807) is 12.1 Å². The lowest BCUT2D eigenvalue weighted by molar-refractivity contribution is 0.0691. The third kappa shape index (κ3) is 2.68. The molecule has 5 heteroatoms. The molecule has 0 radical (unpaired) electrons. The molecule has 0 atom stereocenters. The number of aromatic amines is 1. The molecule has 0 fully saturated rings. The van der Waals surface area contributed by atoms with Gasteiger partial charge in [0.1, 0.15) is 5.69 Å². The zero-order valence-corrected chi connectivity index (χ0v) is 11.7. The van der Waals surface area contributed by atoms with Gasteiger partial charge in [-0.05, 0) is 24.3 Å². The van der Waals surface area contributed by atoms with Crippen molar-refractivity contribution < 1.29 is 9.90 Å². The summed E-state index contributed by atoms with van der Waals surface area (Å²) in [5.74, 6) is -1.14. The molecule has 1 aromatic heterocycles. The van der Waals surface area contributed by atoms with Gasteiger partial charge in [-0.1, -0.05) is 36.0 Å². The first-order chi connectivity index (χ1) is 10.1. The van der Waals surface area contributed by atoms with E-state index in [-0.39, 0.29) is 11.1 Å². The lowest BCUT2D eigenvalue weighted by atomic mass is 10.2. The molecule has 1 heterocycles. The summed E-state index contributed by atoms with van der Waals surface area (Å²) in [5, 5.41) is 9.56. The summed E-state index contributed by atoms with van der Waals surface area (Å²) in [6.45, 7) is 0. The van der Waals surface area contributed by atoms with Crippen LogP contribution in [-0.2, 0) is 0 Å². The van der Waals surface area contributed by atoms with Crippen LogP contribution in [0.5, 0.6) is 0 Å². The Labute approximate surface area is 124 Å². The molecular formula is C16H11NO3S. The van der Waals surface area contributed by atoms with Gasteiger partial charge in [-0.2, -0.15) is 0 Å². The molecule has 2 aromatic carbocycles. The van der Waals surface area contributed by atoms with Gasteiger partial charge >= 0.3 is 5.97 Å². The number of fused-ring (bicyclic) bond motifs is 1. The first-order valence-electron chi connectivity index (χ1n) is 6.27. The Bertz CT molecular complexity index is 872. The molecule has 0 bridgehead atoms. The number of benzene rings is 2. The Morgan fingerprint density at radius 2 is 1.81 bits per heavy atom. The lowest BCUT2D eigenvalue weighted by Crippen LogP contribution is -2.09. The fourth-order valence-corrected chi connectivity index (χ4v) is 3.02. The maximum Gasteiger partial charge on any atom is 0.352 e. The maximum absolute atomic E-state index is 12.0. The number of aromatic carboxylic acids is 1. The summed E-state index contributed by atoms with van der Waals surface area (Å²) < 4.78 is 0. The van der Waals surface area contributed by atoms with Crippen LogP contribution in [0.2, 0.25) is 0 Å². The Morgan fingerprint density at radius 1 is 1.05 bits per heavy atom. The summed E-state index contributed by atoms with van der Waals surface area (Å²) in [7, 11) is 0. The van der Waals surface area contributed by atoms with E-state index in [1.807, 2.05) is 36.4 Å². The minimum atomic E-state index is -1.14. The topological polar surface area (TPSA) is 70.2 Å². The summed E-state index contributed by atoms with van der Waals surface area (Å²) in [6, 6.07) is 16.2. The standard InChI is InChI=1S/C16H11NO3S/c18-13-9-12(16(19)20)17-15-11(13)7-4-8-14(15)21-10-5-2-1-3-6-10/h1-9H,(H,17,18)(H,19,20). The summed E-state index contributed by atoms with van der Waals surface area (Å²) in [5.41, 5.74) is 0.154. The molecule has 104 valence electrons. The van der Waals surface area contributed by atoms with E-state index in [0.717, 1.165) is 15.9 Å². The molecule has 0 saturated carbocycles. The molecule has 3 aromatic rings. The molecular weight excluding hydrogens is 286 g/mol. The van der Waals surface area contributed by atoms with Crippen molar-refractivity contribution in [3.8, 4) is 0 Å². The molecule has 0 spiro atoms. The quantitative estimate of drug-likeness (QED) is 0.777. The highest BCUT2D eigenvalue weighted by molar-refractivity contribution is 7.99. The van der Waals surface area contributed by atoms with E-state index in [9.17, 15) is 9.59 Å². The van der Waals surface area contributed by atoms with E-state index >= 15 is 0 Å². The Kier molecular flexibility index (Phi) is 3.50. The van der Waals surface area contributed by atoms with Crippen molar-refractivity contribution in [1.29, 1.82) is 0 Å². The predicted octanol–water partition coefficient (Wildman–Crippen LogP) is 3.38. The van der Waals surface area contributed by atoms with E-state index < -0.39 is 5.97 Å². The highest BCUT2D eigenvalue weighted by atomic mass is 32.2. The Morgan fingerprint density at radius 3 is 2.52 bits per heavy atom. The van der Waals surface area contributed by atoms with Gasteiger partial charge in [-0.15, -0.1) is 0 Å². The van der Waals surface area contributed by atoms with Gasteiger partial charge < -0.3 is 10.1 Å². The average molecular weight is 297 g/mol. The Balaban J connectivity index is 2.19. The second kappa shape index (κ2) is 5.46. The maximum atomic E-state index is 12.0. The van der Waals surface area contributed by atoms with Crippen LogP contribution in [0.4, 0.5) is 0 Å². The number of hydrogen-bond acceptors (Lipinski definition) is 3. The molecule has 0 aliphatic carbocycles. The first kappa shape index (κ1) is 13.5. The minimum absolute atomic E-state index is 0.103. The number of rotatable bonds is 3. The third-order valence-electron chi connectivity index (χ3n) is 3.03. The monoisotopic (exact) mass is 297 g/mol. The van der Waals surface area contributed by atoms with Gasteiger partial charge in [0.05, 0.1) is 5.52 Å². The zero-order valence-electron chi connectivity index (χ0n) is 10.9. The van der Waals surface area contributed by atoms with Gasteiger partial charge in [0, 0.05) is 21.2 Å². The first-order valence-corrected chi connectivity index (χ1v) is 7.09. The van der Waals surface area contributed by atoms with Crippen LogP contribution in [0, 0.1) is 0 Å². The second-order valence-electron chi connectivity index (χ2n) is 4.45. The second-order valence-corrected chi connectivity index (χ2v) is 5.56. The molecule has 0 aliphatic rings. The van der Waals surface area contributed by atoms with Crippen molar-refractivity contribution in [3.63, 3.8) is 0 Å². The normalized spacial score (nSPS) is 10.7. The van der Waals surface area contributed by atoms with Crippen LogP contribution in [-0.4, -0.2) is 16.1 Å². The zero-order chi connectivity index (χ0) is 14.8. The Hall–Kier alpha value is -2.53. The SMILES string of the molecule is O=C(O)c1cc(=O)c2cccc(Sc3ccccc3)c2[nH]1. The minimum Gasteiger partial charge on any atom is -0.477 e. The van der Waals surface area contributed by atoms with Crippen LogP contribution in [0.3, 0.4) is 0 Å².